The molecule has 3 aromatic rings. The van der Waals surface area contributed by atoms with E-state index in [-0.39, 0.29) is 12.5 Å². The lowest BCUT2D eigenvalue weighted by Gasteiger charge is -2.27. The van der Waals surface area contributed by atoms with E-state index in [4.69, 9.17) is 4.98 Å². The molecule has 3 aromatic heterocycles. The normalized spacial score (nSPS) is 14.5. The molecular formula is C17H15N5OS. The van der Waals surface area contributed by atoms with Crippen LogP contribution in [0.5, 0.6) is 0 Å². The number of carbonyl (C=O) groups is 1. The second-order valence-corrected chi connectivity index (χ2v) is 6.34. The van der Waals surface area contributed by atoms with Crippen molar-refractivity contribution in [3.63, 3.8) is 0 Å². The van der Waals surface area contributed by atoms with Crippen molar-refractivity contribution in [2.45, 2.75) is 0 Å². The summed E-state index contributed by atoms with van der Waals surface area (Å²) in [6, 6.07) is 9.81. The Hall–Kier alpha value is -2.80. The number of pyridine rings is 1. The highest BCUT2D eigenvalue weighted by molar-refractivity contribution is 7.13. The summed E-state index contributed by atoms with van der Waals surface area (Å²) in [4.78, 5) is 28.2. The van der Waals surface area contributed by atoms with Crippen molar-refractivity contribution in [3.05, 3.63) is 48.1 Å². The highest BCUT2D eigenvalue weighted by Crippen LogP contribution is 2.32. The maximum Gasteiger partial charge on any atom is 0.239 e. The molecule has 0 bridgehead atoms. The summed E-state index contributed by atoms with van der Waals surface area (Å²) < 4.78 is 0. The molecule has 1 fully saturated rings. The van der Waals surface area contributed by atoms with Crippen molar-refractivity contribution in [2.75, 3.05) is 24.5 Å². The van der Waals surface area contributed by atoms with Crippen molar-refractivity contribution >= 4 is 23.2 Å². The monoisotopic (exact) mass is 337 g/mol. The second-order valence-electron chi connectivity index (χ2n) is 5.40. The first-order valence-corrected chi connectivity index (χ1v) is 8.53. The van der Waals surface area contributed by atoms with Gasteiger partial charge >= 0.3 is 0 Å². The lowest BCUT2D eigenvalue weighted by atomic mass is 10.1. The molecule has 1 aliphatic rings. The second kappa shape index (κ2) is 6.37. The summed E-state index contributed by atoms with van der Waals surface area (Å²) in [5, 5.41) is 4.84. The maximum absolute atomic E-state index is 11.6. The van der Waals surface area contributed by atoms with E-state index in [0.29, 0.717) is 19.0 Å². The molecule has 4 rings (SSSR count). The molecule has 0 saturated carbocycles. The number of piperazine rings is 1. The van der Waals surface area contributed by atoms with Crippen LogP contribution in [-0.4, -0.2) is 40.5 Å². The van der Waals surface area contributed by atoms with Gasteiger partial charge in [0.2, 0.25) is 11.9 Å². The Balaban J connectivity index is 1.80. The highest BCUT2D eigenvalue weighted by Gasteiger charge is 2.21. The summed E-state index contributed by atoms with van der Waals surface area (Å²) in [6.07, 6.45) is 3.56. The van der Waals surface area contributed by atoms with Gasteiger partial charge in [0.1, 0.15) is 0 Å². The zero-order valence-corrected chi connectivity index (χ0v) is 13.7. The number of thiophene rings is 1. The molecule has 1 N–H and O–H groups in total. The van der Waals surface area contributed by atoms with Gasteiger partial charge in [-0.2, -0.15) is 0 Å². The van der Waals surface area contributed by atoms with E-state index < -0.39 is 0 Å². The third kappa shape index (κ3) is 2.85. The van der Waals surface area contributed by atoms with Crippen LogP contribution in [0.1, 0.15) is 0 Å². The molecule has 0 aromatic carbocycles. The summed E-state index contributed by atoms with van der Waals surface area (Å²) in [5.74, 6) is 0.573. The SMILES string of the molecule is O=C1CN(c2ncc(-c3ccccn3)c(-c3cccs3)n2)CCN1. The molecule has 4 heterocycles. The third-order valence-corrected chi connectivity index (χ3v) is 4.67. The van der Waals surface area contributed by atoms with Gasteiger partial charge in [-0.05, 0) is 23.6 Å². The minimum Gasteiger partial charge on any atom is -0.353 e. The van der Waals surface area contributed by atoms with Crippen molar-refractivity contribution in [3.8, 4) is 21.8 Å². The number of aromatic nitrogens is 3. The third-order valence-electron chi connectivity index (χ3n) is 3.79. The van der Waals surface area contributed by atoms with E-state index in [0.717, 1.165) is 21.8 Å². The molecule has 0 unspecified atom stereocenters. The fourth-order valence-electron chi connectivity index (χ4n) is 2.64. The zero-order chi connectivity index (χ0) is 16.4. The van der Waals surface area contributed by atoms with Crippen LogP contribution in [0, 0.1) is 0 Å². The van der Waals surface area contributed by atoms with E-state index in [1.54, 1.807) is 23.7 Å². The molecule has 120 valence electrons. The van der Waals surface area contributed by atoms with Crippen LogP contribution < -0.4 is 10.2 Å². The molecule has 0 spiro atoms. The van der Waals surface area contributed by atoms with Gasteiger partial charge in [0.15, 0.2) is 0 Å². The molecule has 1 aliphatic heterocycles. The Morgan fingerprint density at radius 2 is 2.12 bits per heavy atom. The maximum atomic E-state index is 11.6. The van der Waals surface area contributed by atoms with E-state index in [9.17, 15) is 4.79 Å². The largest absolute Gasteiger partial charge is 0.353 e. The predicted molar refractivity (Wildman–Crippen MR) is 93.8 cm³/mol. The van der Waals surface area contributed by atoms with Crippen molar-refractivity contribution in [1.82, 2.24) is 20.3 Å². The molecule has 1 saturated heterocycles. The quantitative estimate of drug-likeness (QED) is 0.793. The molecule has 7 heteroatoms. The summed E-state index contributed by atoms with van der Waals surface area (Å²) in [5.41, 5.74) is 2.58. The number of amides is 1. The minimum absolute atomic E-state index is 0.00340. The van der Waals surface area contributed by atoms with Crippen LogP contribution in [-0.2, 0) is 4.79 Å². The lowest BCUT2D eigenvalue weighted by Crippen LogP contribution is -2.48. The number of nitrogens with one attached hydrogen (secondary N) is 1. The van der Waals surface area contributed by atoms with Gasteiger partial charge in [-0.25, -0.2) is 9.97 Å². The standard InChI is InChI=1S/C17H15N5OS/c23-15-11-22(8-7-19-15)17-20-10-12(13-4-1-2-6-18-13)16(21-17)14-5-3-9-24-14/h1-6,9-10H,7-8,11H2,(H,19,23). The number of rotatable bonds is 3. The van der Waals surface area contributed by atoms with Crippen LogP contribution >= 0.6 is 11.3 Å². The molecule has 6 nitrogen and oxygen atoms in total. The summed E-state index contributed by atoms with van der Waals surface area (Å²) in [7, 11) is 0. The van der Waals surface area contributed by atoms with Crippen LogP contribution in [0.2, 0.25) is 0 Å². The van der Waals surface area contributed by atoms with Gasteiger partial charge in [-0.15, -0.1) is 11.3 Å². The number of hydrogen-bond donors (Lipinski definition) is 1. The van der Waals surface area contributed by atoms with Gasteiger partial charge in [-0.1, -0.05) is 12.1 Å². The van der Waals surface area contributed by atoms with Crippen molar-refractivity contribution in [1.29, 1.82) is 0 Å². The number of nitrogens with zero attached hydrogens (tertiary/aromatic N) is 4. The summed E-state index contributed by atoms with van der Waals surface area (Å²) in [6.45, 7) is 1.60. The average molecular weight is 337 g/mol. The number of carbonyl (C=O) groups excluding carboxylic acids is 1. The molecule has 0 atom stereocenters. The molecule has 0 aliphatic carbocycles. The van der Waals surface area contributed by atoms with E-state index in [1.165, 1.54) is 0 Å². The smallest absolute Gasteiger partial charge is 0.239 e. The topological polar surface area (TPSA) is 71.0 Å². The Morgan fingerprint density at radius 3 is 2.88 bits per heavy atom. The number of anilines is 1. The predicted octanol–water partition coefficient (Wildman–Crippen LogP) is 2.20. The fraction of sp³-hybridized carbons (Fsp3) is 0.176. The van der Waals surface area contributed by atoms with Crippen molar-refractivity contribution < 1.29 is 4.79 Å². The molecule has 1 amide bonds. The van der Waals surface area contributed by atoms with E-state index in [1.807, 2.05) is 40.6 Å². The van der Waals surface area contributed by atoms with Crippen LogP contribution in [0.15, 0.2) is 48.1 Å². The first-order valence-electron chi connectivity index (χ1n) is 7.65. The van der Waals surface area contributed by atoms with Crippen molar-refractivity contribution in [2.24, 2.45) is 0 Å². The minimum atomic E-state index is -0.00340. The Labute approximate surface area is 143 Å². The zero-order valence-electron chi connectivity index (χ0n) is 12.8. The lowest BCUT2D eigenvalue weighted by molar-refractivity contribution is -0.120. The van der Waals surface area contributed by atoms with E-state index >= 15 is 0 Å². The molecule has 0 radical (unpaired) electrons. The Bertz CT molecular complexity index is 851. The fourth-order valence-corrected chi connectivity index (χ4v) is 3.37. The van der Waals surface area contributed by atoms with E-state index in [2.05, 4.69) is 15.3 Å². The first kappa shape index (κ1) is 14.8. The van der Waals surface area contributed by atoms with Gasteiger partial charge in [0.05, 0.1) is 22.8 Å². The molecular weight excluding hydrogens is 322 g/mol. The highest BCUT2D eigenvalue weighted by atomic mass is 32.1. The van der Waals surface area contributed by atoms with Crippen LogP contribution in [0.4, 0.5) is 5.95 Å². The van der Waals surface area contributed by atoms with Gasteiger partial charge < -0.3 is 10.2 Å². The Morgan fingerprint density at radius 1 is 1.17 bits per heavy atom. The van der Waals surface area contributed by atoms with Gasteiger partial charge in [-0.3, -0.25) is 9.78 Å². The number of hydrogen-bond acceptors (Lipinski definition) is 6. The van der Waals surface area contributed by atoms with Gasteiger partial charge in [0.25, 0.3) is 0 Å². The van der Waals surface area contributed by atoms with Gasteiger partial charge in [0, 0.05) is 31.0 Å². The average Bonchev–Trinajstić information content (AvgIpc) is 3.16. The first-order chi connectivity index (χ1) is 11.8. The van der Waals surface area contributed by atoms with Crippen LogP contribution in [0.3, 0.4) is 0 Å². The Kier molecular flexibility index (Phi) is 3.92. The van der Waals surface area contributed by atoms with Crippen LogP contribution in [0.25, 0.3) is 21.8 Å². The summed E-state index contributed by atoms with van der Waals surface area (Å²) >= 11 is 1.62. The molecule has 24 heavy (non-hydrogen) atoms.